The highest BCUT2D eigenvalue weighted by Gasteiger charge is 2.25. The highest BCUT2D eigenvalue weighted by Crippen LogP contribution is 2.35. The van der Waals surface area contributed by atoms with E-state index in [0.717, 1.165) is 9.13 Å². The second kappa shape index (κ2) is 13.4. The van der Waals surface area contributed by atoms with E-state index in [-0.39, 0.29) is 19.3 Å². The number of rotatable bonds is 10. The van der Waals surface area contributed by atoms with Crippen LogP contribution in [0.15, 0.2) is 53.6 Å². The van der Waals surface area contributed by atoms with Gasteiger partial charge in [-0.1, -0.05) is 43.1 Å². The van der Waals surface area contributed by atoms with Crippen molar-refractivity contribution in [2.75, 3.05) is 13.9 Å². The first-order valence-corrected chi connectivity index (χ1v) is 14.0. The largest absolute Gasteiger partial charge is 0.493 e. The number of carbonyl (C=O) groups excluding carboxylic acids is 2. The summed E-state index contributed by atoms with van der Waals surface area (Å²) in [5, 5.41) is 7.91. The van der Waals surface area contributed by atoms with Gasteiger partial charge in [-0.15, -0.1) is 0 Å². The lowest BCUT2D eigenvalue weighted by Gasteiger charge is -2.20. The number of halogens is 3. The fourth-order valence-electron chi connectivity index (χ4n) is 3.78. The number of amides is 2. The highest BCUT2D eigenvalue weighted by molar-refractivity contribution is 14.1. The second-order valence-corrected chi connectivity index (χ2v) is 11.1. The normalized spacial score (nSPS) is 12.9. The number of fused-ring (bicyclic) bond motifs is 1. The minimum absolute atomic E-state index is 0.106. The summed E-state index contributed by atoms with van der Waals surface area (Å²) in [4.78, 5) is 25.7. The predicted molar refractivity (Wildman–Crippen MR) is 161 cm³/mol. The average molecular weight is 698 g/mol. The Morgan fingerprint density at radius 3 is 2.60 bits per heavy atom. The molecule has 1 unspecified atom stereocenters. The molecule has 1 atom stereocenters. The van der Waals surface area contributed by atoms with E-state index in [1.165, 1.54) is 13.3 Å². The van der Waals surface area contributed by atoms with Crippen molar-refractivity contribution < 1.29 is 28.5 Å². The molecule has 0 aliphatic carbocycles. The van der Waals surface area contributed by atoms with Crippen molar-refractivity contribution in [1.82, 2.24) is 10.7 Å². The van der Waals surface area contributed by atoms with Crippen molar-refractivity contribution in [3.05, 3.63) is 78.8 Å². The number of carbonyl (C=O) groups is 2. The molecule has 0 aromatic heterocycles. The fourth-order valence-corrected chi connectivity index (χ4v) is 5.02. The molecule has 12 heteroatoms. The van der Waals surface area contributed by atoms with Crippen LogP contribution < -0.4 is 29.7 Å². The second-order valence-electron chi connectivity index (χ2n) is 9.06. The highest BCUT2D eigenvalue weighted by atomic mass is 127. The van der Waals surface area contributed by atoms with Gasteiger partial charge in [0.05, 0.1) is 16.9 Å². The number of ether oxygens (including phenoxy) is 4. The smallest absolute Gasteiger partial charge is 0.262 e. The molecule has 9 nitrogen and oxygen atoms in total. The van der Waals surface area contributed by atoms with E-state index in [0.29, 0.717) is 44.2 Å². The SMILES string of the molecule is COc1cc(/C=N/NC(=O)C(NC(=O)c2ccc3c(c2)OCO3)C(C)C)cc(I)c1OCc1ccc(Cl)cc1Cl. The molecule has 3 aromatic rings. The third-order valence-corrected chi connectivity index (χ3v) is 7.29. The van der Waals surface area contributed by atoms with Crippen LogP contribution in [0.25, 0.3) is 0 Å². The zero-order chi connectivity index (χ0) is 28.8. The zero-order valence-electron chi connectivity index (χ0n) is 21.8. The average Bonchev–Trinajstić information content (AvgIpc) is 3.39. The summed E-state index contributed by atoms with van der Waals surface area (Å²) in [5.41, 5.74) is 4.32. The number of hydrogen-bond acceptors (Lipinski definition) is 7. The van der Waals surface area contributed by atoms with Crippen molar-refractivity contribution in [2.24, 2.45) is 11.0 Å². The van der Waals surface area contributed by atoms with Crippen molar-refractivity contribution >= 4 is 63.8 Å². The Bertz CT molecular complexity index is 1450. The molecule has 210 valence electrons. The molecule has 0 fully saturated rings. The maximum absolute atomic E-state index is 12.9. The summed E-state index contributed by atoms with van der Waals surface area (Å²) in [6.45, 7) is 3.99. The van der Waals surface area contributed by atoms with Crippen molar-refractivity contribution in [2.45, 2.75) is 26.5 Å². The van der Waals surface area contributed by atoms with Gasteiger partial charge in [0.15, 0.2) is 23.0 Å². The Labute approximate surface area is 255 Å². The van der Waals surface area contributed by atoms with Gasteiger partial charge in [-0.3, -0.25) is 9.59 Å². The predicted octanol–water partition coefficient (Wildman–Crippen LogP) is 5.82. The maximum atomic E-state index is 12.9. The van der Waals surface area contributed by atoms with Crippen LogP contribution in [0.2, 0.25) is 10.0 Å². The molecule has 2 N–H and O–H groups in total. The number of methoxy groups -OCH3 is 1. The van der Waals surface area contributed by atoms with Crippen molar-refractivity contribution in [3.63, 3.8) is 0 Å². The van der Waals surface area contributed by atoms with Crippen molar-refractivity contribution in [1.29, 1.82) is 0 Å². The number of hydrogen-bond donors (Lipinski definition) is 2. The number of hydrazone groups is 1. The molecule has 40 heavy (non-hydrogen) atoms. The van der Waals surface area contributed by atoms with E-state index in [1.807, 2.05) is 19.9 Å². The summed E-state index contributed by atoms with van der Waals surface area (Å²) in [6, 6.07) is 12.8. The van der Waals surface area contributed by atoms with Crippen LogP contribution in [0.5, 0.6) is 23.0 Å². The van der Waals surface area contributed by atoms with Gasteiger partial charge in [0.1, 0.15) is 12.6 Å². The zero-order valence-corrected chi connectivity index (χ0v) is 25.5. The fraction of sp³-hybridized carbons (Fsp3) is 0.250. The molecule has 2 amide bonds. The molecule has 1 aliphatic rings. The lowest BCUT2D eigenvalue weighted by Crippen LogP contribution is -2.48. The first-order chi connectivity index (χ1) is 19.2. The minimum atomic E-state index is -0.819. The van der Waals surface area contributed by atoms with Gasteiger partial charge in [-0.05, 0) is 76.5 Å². The van der Waals surface area contributed by atoms with Crippen molar-refractivity contribution in [3.8, 4) is 23.0 Å². The van der Waals surface area contributed by atoms with Crippen LogP contribution >= 0.6 is 45.8 Å². The van der Waals surface area contributed by atoms with E-state index >= 15 is 0 Å². The first-order valence-electron chi connectivity index (χ1n) is 12.1. The Morgan fingerprint density at radius 1 is 1.10 bits per heavy atom. The molecular formula is C28H26Cl2IN3O6. The molecule has 4 rings (SSSR count). The van der Waals surface area contributed by atoms with E-state index < -0.39 is 17.9 Å². The quantitative estimate of drug-likeness (QED) is 0.157. The first kappa shape index (κ1) is 29.8. The van der Waals surface area contributed by atoms with Gasteiger partial charge in [0.25, 0.3) is 11.8 Å². The van der Waals surface area contributed by atoms with Crippen LogP contribution in [0, 0.1) is 9.49 Å². The minimum Gasteiger partial charge on any atom is -0.493 e. The summed E-state index contributed by atoms with van der Waals surface area (Å²) in [5.74, 6) is 1.02. The summed E-state index contributed by atoms with van der Waals surface area (Å²) in [7, 11) is 1.53. The van der Waals surface area contributed by atoms with E-state index in [2.05, 4.69) is 38.4 Å². The molecule has 0 spiro atoms. The molecular weight excluding hydrogens is 672 g/mol. The number of nitrogens with zero attached hydrogens (tertiary/aromatic N) is 1. The lowest BCUT2D eigenvalue weighted by atomic mass is 10.0. The van der Waals surface area contributed by atoms with Gasteiger partial charge in [0.2, 0.25) is 6.79 Å². The van der Waals surface area contributed by atoms with E-state index in [1.54, 1.807) is 42.5 Å². The van der Waals surface area contributed by atoms with E-state index in [4.69, 9.17) is 42.1 Å². The molecule has 0 bridgehead atoms. The molecule has 1 aliphatic heterocycles. The van der Waals surface area contributed by atoms with Gasteiger partial charge < -0.3 is 24.3 Å². The standard InChI is InChI=1S/C28H26Cl2IN3O6/c1-15(2)25(33-27(35)17-5-7-22-23(10-17)40-14-39-22)28(36)34-32-12-16-8-21(31)26(24(9-16)37-3)38-13-18-4-6-19(29)11-20(18)30/h4-12,15,25H,13-14H2,1-3H3,(H,33,35)(H,34,36)/b32-12+. The molecule has 0 saturated carbocycles. The van der Waals surface area contributed by atoms with Gasteiger partial charge in [0, 0.05) is 21.2 Å². The van der Waals surface area contributed by atoms with Crippen LogP contribution in [0.4, 0.5) is 0 Å². The van der Waals surface area contributed by atoms with Crippen LogP contribution in [0.3, 0.4) is 0 Å². The monoisotopic (exact) mass is 697 g/mol. The molecule has 0 saturated heterocycles. The molecule has 1 heterocycles. The summed E-state index contributed by atoms with van der Waals surface area (Å²) in [6.07, 6.45) is 1.49. The van der Waals surface area contributed by atoms with Crippen LogP contribution in [-0.2, 0) is 11.4 Å². The van der Waals surface area contributed by atoms with E-state index in [9.17, 15) is 9.59 Å². The number of benzene rings is 3. The Kier molecular flexibility index (Phi) is 9.99. The lowest BCUT2D eigenvalue weighted by molar-refractivity contribution is -0.123. The number of nitrogens with one attached hydrogen (secondary N) is 2. The summed E-state index contributed by atoms with van der Waals surface area (Å²) >= 11 is 14.4. The topological polar surface area (TPSA) is 107 Å². The third kappa shape index (κ3) is 7.29. The third-order valence-electron chi connectivity index (χ3n) is 5.90. The molecule has 0 radical (unpaired) electrons. The van der Waals surface area contributed by atoms with Gasteiger partial charge >= 0.3 is 0 Å². The van der Waals surface area contributed by atoms with Gasteiger partial charge in [-0.2, -0.15) is 5.10 Å². The van der Waals surface area contributed by atoms with Gasteiger partial charge in [-0.25, -0.2) is 5.43 Å². The maximum Gasteiger partial charge on any atom is 0.262 e. The van der Waals surface area contributed by atoms with Crippen LogP contribution in [-0.4, -0.2) is 38.0 Å². The molecule has 3 aromatic carbocycles. The van der Waals surface area contributed by atoms with Crippen LogP contribution in [0.1, 0.15) is 35.3 Å². The Balaban J connectivity index is 1.40. The summed E-state index contributed by atoms with van der Waals surface area (Å²) < 4.78 is 22.9. The Morgan fingerprint density at radius 2 is 1.88 bits per heavy atom. The Hall–Kier alpha value is -3.22.